The molecule has 0 bridgehead atoms. The van der Waals surface area contributed by atoms with Crippen molar-refractivity contribution in [1.29, 1.82) is 0 Å². The fraction of sp³-hybridized carbons (Fsp3) is 0.500. The topological polar surface area (TPSA) is 61.7 Å². The zero-order chi connectivity index (χ0) is 12.0. The summed E-state index contributed by atoms with van der Waals surface area (Å²) in [4.78, 5) is 0. The van der Waals surface area contributed by atoms with Gasteiger partial charge in [-0.3, -0.25) is 0 Å². The van der Waals surface area contributed by atoms with Gasteiger partial charge in [0.1, 0.15) is 5.75 Å². The predicted molar refractivity (Wildman–Crippen MR) is 62.4 cm³/mol. The number of aryl methyl sites for hydroxylation is 1. The van der Waals surface area contributed by atoms with Crippen molar-refractivity contribution in [3.05, 3.63) is 29.3 Å². The summed E-state index contributed by atoms with van der Waals surface area (Å²) >= 11 is 0. The Labute approximate surface area is 95.9 Å². The van der Waals surface area contributed by atoms with Crippen LogP contribution in [0.5, 0.6) is 5.75 Å². The Bertz CT molecular complexity index is 328. The second kappa shape index (κ2) is 6.48. The fourth-order valence-electron chi connectivity index (χ4n) is 1.49. The van der Waals surface area contributed by atoms with Gasteiger partial charge in [0.05, 0.1) is 19.3 Å². The third-order valence-corrected chi connectivity index (χ3v) is 2.40. The standard InChI is InChI=1S/C12H19NO3/c1-9-3-4-12(15)10(5-9)6-13-11(7-14)8-16-2/h3-5,11,13-15H,6-8H2,1-2H3. The molecule has 1 aromatic rings. The van der Waals surface area contributed by atoms with Crippen molar-refractivity contribution >= 4 is 0 Å². The number of hydrogen-bond acceptors (Lipinski definition) is 4. The maximum absolute atomic E-state index is 9.62. The van der Waals surface area contributed by atoms with Crippen molar-refractivity contribution in [3.8, 4) is 5.75 Å². The highest BCUT2D eigenvalue weighted by Gasteiger charge is 2.07. The van der Waals surface area contributed by atoms with Crippen molar-refractivity contribution < 1.29 is 14.9 Å². The molecule has 0 heterocycles. The molecule has 4 heteroatoms. The normalized spacial score (nSPS) is 12.7. The number of hydrogen-bond donors (Lipinski definition) is 3. The van der Waals surface area contributed by atoms with Crippen LogP contribution >= 0.6 is 0 Å². The second-order valence-corrected chi connectivity index (χ2v) is 3.85. The van der Waals surface area contributed by atoms with Crippen LogP contribution in [-0.2, 0) is 11.3 Å². The number of aromatic hydroxyl groups is 1. The number of methoxy groups -OCH3 is 1. The molecule has 1 unspecified atom stereocenters. The molecule has 3 N–H and O–H groups in total. The predicted octanol–water partition coefficient (Wildman–Crippen LogP) is 0.798. The second-order valence-electron chi connectivity index (χ2n) is 3.85. The summed E-state index contributed by atoms with van der Waals surface area (Å²) < 4.78 is 4.95. The zero-order valence-corrected chi connectivity index (χ0v) is 9.73. The van der Waals surface area contributed by atoms with E-state index in [1.54, 1.807) is 13.2 Å². The minimum absolute atomic E-state index is 0.0143. The minimum atomic E-state index is -0.107. The molecule has 0 fully saturated rings. The first kappa shape index (κ1) is 13.0. The van der Waals surface area contributed by atoms with E-state index in [0.717, 1.165) is 11.1 Å². The van der Waals surface area contributed by atoms with E-state index >= 15 is 0 Å². The zero-order valence-electron chi connectivity index (χ0n) is 9.73. The van der Waals surface area contributed by atoms with Gasteiger partial charge < -0.3 is 20.3 Å². The number of ether oxygens (including phenoxy) is 1. The van der Waals surface area contributed by atoms with E-state index in [4.69, 9.17) is 9.84 Å². The molecule has 4 nitrogen and oxygen atoms in total. The van der Waals surface area contributed by atoms with E-state index in [1.807, 2.05) is 19.1 Å². The number of phenols is 1. The third kappa shape index (κ3) is 3.81. The first-order chi connectivity index (χ1) is 7.67. The van der Waals surface area contributed by atoms with E-state index in [9.17, 15) is 5.11 Å². The lowest BCUT2D eigenvalue weighted by atomic mass is 10.1. The van der Waals surface area contributed by atoms with E-state index in [2.05, 4.69) is 5.32 Å². The van der Waals surface area contributed by atoms with Gasteiger partial charge in [0, 0.05) is 19.2 Å². The van der Waals surface area contributed by atoms with Crippen LogP contribution in [0.4, 0.5) is 0 Å². The molecule has 0 aromatic heterocycles. The first-order valence-electron chi connectivity index (χ1n) is 5.29. The van der Waals surface area contributed by atoms with Crippen LogP contribution in [0.25, 0.3) is 0 Å². The Morgan fingerprint density at radius 1 is 1.44 bits per heavy atom. The molecule has 0 aliphatic heterocycles. The Kier molecular flexibility index (Phi) is 5.25. The van der Waals surface area contributed by atoms with Crippen LogP contribution in [0.1, 0.15) is 11.1 Å². The molecule has 1 atom stereocenters. The smallest absolute Gasteiger partial charge is 0.120 e. The van der Waals surface area contributed by atoms with Crippen LogP contribution < -0.4 is 5.32 Å². The van der Waals surface area contributed by atoms with Crippen molar-refractivity contribution in [2.24, 2.45) is 0 Å². The van der Waals surface area contributed by atoms with Crippen molar-refractivity contribution in [2.75, 3.05) is 20.3 Å². The Balaban J connectivity index is 2.55. The molecule has 0 amide bonds. The van der Waals surface area contributed by atoms with E-state index in [-0.39, 0.29) is 18.4 Å². The maximum Gasteiger partial charge on any atom is 0.120 e. The SMILES string of the molecule is COCC(CO)NCc1cc(C)ccc1O. The summed E-state index contributed by atoms with van der Waals surface area (Å²) in [7, 11) is 1.59. The number of phenolic OH excluding ortho intramolecular Hbond substituents is 1. The molecule has 0 aliphatic carbocycles. The summed E-state index contributed by atoms with van der Waals surface area (Å²) in [6, 6.07) is 5.35. The monoisotopic (exact) mass is 225 g/mol. The van der Waals surface area contributed by atoms with Crippen LogP contribution in [0.15, 0.2) is 18.2 Å². The van der Waals surface area contributed by atoms with Gasteiger partial charge in [-0.2, -0.15) is 0 Å². The molecule has 16 heavy (non-hydrogen) atoms. The Hall–Kier alpha value is -1.10. The van der Waals surface area contributed by atoms with Crippen LogP contribution in [0, 0.1) is 6.92 Å². The molecule has 1 rings (SSSR count). The van der Waals surface area contributed by atoms with Crippen molar-refractivity contribution in [3.63, 3.8) is 0 Å². The third-order valence-electron chi connectivity index (χ3n) is 2.40. The largest absolute Gasteiger partial charge is 0.508 e. The highest BCUT2D eigenvalue weighted by atomic mass is 16.5. The molecule has 0 saturated heterocycles. The van der Waals surface area contributed by atoms with E-state index < -0.39 is 0 Å². The van der Waals surface area contributed by atoms with Gasteiger partial charge in [0.2, 0.25) is 0 Å². The summed E-state index contributed by atoms with van der Waals surface area (Å²) in [6.45, 7) is 2.95. The number of aliphatic hydroxyl groups excluding tert-OH is 1. The summed E-state index contributed by atoms with van der Waals surface area (Å²) in [5.74, 6) is 0.271. The summed E-state index contributed by atoms with van der Waals surface area (Å²) in [6.07, 6.45) is 0. The fourth-order valence-corrected chi connectivity index (χ4v) is 1.49. The molecule has 90 valence electrons. The average Bonchev–Trinajstić information content (AvgIpc) is 2.28. The van der Waals surface area contributed by atoms with Gasteiger partial charge in [-0.1, -0.05) is 17.7 Å². The Morgan fingerprint density at radius 2 is 2.19 bits per heavy atom. The molecule has 0 radical (unpaired) electrons. The van der Waals surface area contributed by atoms with Gasteiger partial charge >= 0.3 is 0 Å². The number of aliphatic hydroxyl groups is 1. The lowest BCUT2D eigenvalue weighted by molar-refractivity contribution is 0.128. The van der Waals surface area contributed by atoms with Gasteiger partial charge in [-0.15, -0.1) is 0 Å². The highest BCUT2D eigenvalue weighted by molar-refractivity contribution is 5.35. The van der Waals surface area contributed by atoms with Crippen LogP contribution in [0.2, 0.25) is 0 Å². The van der Waals surface area contributed by atoms with E-state index in [1.165, 1.54) is 0 Å². The Morgan fingerprint density at radius 3 is 2.81 bits per heavy atom. The van der Waals surface area contributed by atoms with Gasteiger partial charge in [-0.05, 0) is 13.0 Å². The number of benzene rings is 1. The van der Waals surface area contributed by atoms with Gasteiger partial charge in [0.25, 0.3) is 0 Å². The molecule has 0 saturated carbocycles. The average molecular weight is 225 g/mol. The number of nitrogens with one attached hydrogen (secondary N) is 1. The molecule has 0 spiro atoms. The summed E-state index contributed by atoms with van der Waals surface area (Å²) in [5, 5.41) is 21.8. The van der Waals surface area contributed by atoms with Gasteiger partial charge in [0.15, 0.2) is 0 Å². The van der Waals surface area contributed by atoms with Crippen LogP contribution in [-0.4, -0.2) is 36.6 Å². The van der Waals surface area contributed by atoms with Crippen molar-refractivity contribution in [1.82, 2.24) is 5.32 Å². The molecule has 1 aromatic carbocycles. The molecular weight excluding hydrogens is 206 g/mol. The van der Waals surface area contributed by atoms with Crippen molar-refractivity contribution in [2.45, 2.75) is 19.5 Å². The van der Waals surface area contributed by atoms with E-state index in [0.29, 0.717) is 13.2 Å². The summed E-state index contributed by atoms with van der Waals surface area (Å²) in [5.41, 5.74) is 1.93. The highest BCUT2D eigenvalue weighted by Crippen LogP contribution is 2.17. The minimum Gasteiger partial charge on any atom is -0.508 e. The first-order valence-corrected chi connectivity index (χ1v) is 5.29. The lowest BCUT2D eigenvalue weighted by Gasteiger charge is -2.15. The molecular formula is C12H19NO3. The van der Waals surface area contributed by atoms with Crippen LogP contribution in [0.3, 0.4) is 0 Å². The number of rotatable bonds is 6. The maximum atomic E-state index is 9.62. The quantitative estimate of drug-likeness (QED) is 0.670. The van der Waals surface area contributed by atoms with Gasteiger partial charge in [-0.25, -0.2) is 0 Å². The molecule has 0 aliphatic rings. The lowest BCUT2D eigenvalue weighted by Crippen LogP contribution is -2.35.